The summed E-state index contributed by atoms with van der Waals surface area (Å²) in [5, 5.41) is 17.4. The van der Waals surface area contributed by atoms with Gasteiger partial charge in [-0.1, -0.05) is 49.4 Å². The molecule has 1 atom stereocenters. The Morgan fingerprint density at radius 2 is 1.90 bits per heavy atom. The van der Waals surface area contributed by atoms with Crippen LogP contribution in [0.3, 0.4) is 0 Å². The lowest BCUT2D eigenvalue weighted by Gasteiger charge is -2.12. The molecule has 1 N–H and O–H groups in total. The van der Waals surface area contributed by atoms with Crippen LogP contribution < -0.4 is 0 Å². The fraction of sp³-hybridized carbons (Fsp3) is 0.278. The van der Waals surface area contributed by atoms with Crippen molar-refractivity contribution in [2.75, 3.05) is 0 Å². The molecule has 0 radical (unpaired) electrons. The highest BCUT2D eigenvalue weighted by molar-refractivity contribution is 5.85. The normalized spacial score (nSPS) is 12.7. The molecule has 0 saturated carbocycles. The number of benzene rings is 2. The molecule has 3 nitrogen and oxygen atoms in total. The Morgan fingerprint density at radius 1 is 1.14 bits per heavy atom. The summed E-state index contributed by atoms with van der Waals surface area (Å²) in [5.74, 6) is 0. The highest BCUT2D eigenvalue weighted by atomic mass is 16.3. The molecule has 1 unspecified atom stereocenters. The molecule has 3 heteroatoms. The monoisotopic (exact) mass is 280 g/mol. The fourth-order valence-electron chi connectivity index (χ4n) is 2.89. The van der Waals surface area contributed by atoms with Crippen molar-refractivity contribution >= 4 is 10.8 Å². The van der Waals surface area contributed by atoms with Crippen molar-refractivity contribution in [1.29, 1.82) is 0 Å². The molecule has 2 aromatic carbocycles. The highest BCUT2D eigenvalue weighted by Crippen LogP contribution is 2.26. The third kappa shape index (κ3) is 2.69. The maximum Gasteiger partial charge on any atom is 0.0863 e. The van der Waals surface area contributed by atoms with Gasteiger partial charge < -0.3 is 5.11 Å². The number of aliphatic hydroxyl groups is 1. The van der Waals surface area contributed by atoms with Crippen LogP contribution in [-0.2, 0) is 19.9 Å². The second-order valence-corrected chi connectivity index (χ2v) is 5.42. The van der Waals surface area contributed by atoms with Crippen molar-refractivity contribution in [2.24, 2.45) is 7.05 Å². The summed E-state index contributed by atoms with van der Waals surface area (Å²) in [6, 6.07) is 14.5. The van der Waals surface area contributed by atoms with Gasteiger partial charge in [-0.05, 0) is 22.8 Å². The quantitative estimate of drug-likeness (QED) is 0.795. The number of rotatable bonds is 4. The van der Waals surface area contributed by atoms with Gasteiger partial charge in [0.05, 0.1) is 11.8 Å². The second kappa shape index (κ2) is 5.70. The standard InChI is InChI=1S/C18H20N2O/c1-3-17-16(12-20(2)19-17)18(21)11-14-9-6-8-13-7-4-5-10-15(13)14/h4-10,12,18,21H,3,11H2,1-2H3. The lowest BCUT2D eigenvalue weighted by molar-refractivity contribution is 0.178. The Bertz CT molecular complexity index is 756. The molecule has 1 aromatic heterocycles. The first-order chi connectivity index (χ1) is 10.2. The Balaban J connectivity index is 1.94. The first-order valence-corrected chi connectivity index (χ1v) is 7.36. The van der Waals surface area contributed by atoms with Crippen LogP contribution in [0.2, 0.25) is 0 Å². The molecule has 0 spiro atoms. The minimum atomic E-state index is -0.514. The van der Waals surface area contributed by atoms with Crippen LogP contribution >= 0.6 is 0 Å². The molecule has 0 fully saturated rings. The van der Waals surface area contributed by atoms with E-state index in [0.717, 1.165) is 17.7 Å². The van der Waals surface area contributed by atoms with E-state index in [2.05, 4.69) is 36.3 Å². The molecule has 0 bridgehead atoms. The van der Waals surface area contributed by atoms with Gasteiger partial charge in [0.2, 0.25) is 0 Å². The minimum absolute atomic E-state index is 0.514. The number of hydrogen-bond donors (Lipinski definition) is 1. The molecule has 1 heterocycles. The van der Waals surface area contributed by atoms with E-state index in [1.54, 1.807) is 4.68 Å². The predicted molar refractivity (Wildman–Crippen MR) is 85.2 cm³/mol. The largest absolute Gasteiger partial charge is 0.388 e. The van der Waals surface area contributed by atoms with Crippen molar-refractivity contribution in [3.8, 4) is 0 Å². The summed E-state index contributed by atoms with van der Waals surface area (Å²) >= 11 is 0. The van der Waals surface area contributed by atoms with E-state index in [9.17, 15) is 5.11 Å². The average molecular weight is 280 g/mol. The van der Waals surface area contributed by atoms with Crippen LogP contribution in [0.25, 0.3) is 10.8 Å². The Morgan fingerprint density at radius 3 is 2.71 bits per heavy atom. The van der Waals surface area contributed by atoms with Gasteiger partial charge in [-0.3, -0.25) is 4.68 Å². The first-order valence-electron chi connectivity index (χ1n) is 7.36. The zero-order valence-corrected chi connectivity index (χ0v) is 12.5. The van der Waals surface area contributed by atoms with E-state index < -0.39 is 6.10 Å². The SMILES string of the molecule is CCc1nn(C)cc1C(O)Cc1cccc2ccccc12. The summed E-state index contributed by atoms with van der Waals surface area (Å²) in [5.41, 5.74) is 3.09. The number of aliphatic hydroxyl groups excluding tert-OH is 1. The van der Waals surface area contributed by atoms with Gasteiger partial charge in [0.15, 0.2) is 0 Å². The third-order valence-corrected chi connectivity index (χ3v) is 3.92. The maximum atomic E-state index is 10.6. The zero-order chi connectivity index (χ0) is 14.8. The molecule has 0 aliphatic carbocycles. The Labute approximate surface area is 124 Å². The average Bonchev–Trinajstić information content (AvgIpc) is 2.89. The van der Waals surface area contributed by atoms with E-state index in [0.29, 0.717) is 6.42 Å². The van der Waals surface area contributed by atoms with E-state index in [4.69, 9.17) is 0 Å². The molecule has 0 amide bonds. The van der Waals surface area contributed by atoms with Gasteiger partial charge in [-0.2, -0.15) is 5.10 Å². The van der Waals surface area contributed by atoms with Crippen LogP contribution in [0.4, 0.5) is 0 Å². The van der Waals surface area contributed by atoms with Crippen LogP contribution in [0.15, 0.2) is 48.7 Å². The molecular weight excluding hydrogens is 260 g/mol. The lowest BCUT2D eigenvalue weighted by Crippen LogP contribution is -2.04. The minimum Gasteiger partial charge on any atom is -0.388 e. The van der Waals surface area contributed by atoms with E-state index in [1.165, 1.54) is 16.3 Å². The first kappa shape index (κ1) is 13.8. The Kier molecular flexibility index (Phi) is 3.76. The summed E-state index contributed by atoms with van der Waals surface area (Å²) in [6.45, 7) is 2.07. The third-order valence-electron chi connectivity index (χ3n) is 3.92. The van der Waals surface area contributed by atoms with Gasteiger partial charge in [0.25, 0.3) is 0 Å². The van der Waals surface area contributed by atoms with Gasteiger partial charge in [-0.15, -0.1) is 0 Å². The zero-order valence-electron chi connectivity index (χ0n) is 12.5. The summed E-state index contributed by atoms with van der Waals surface area (Å²) in [4.78, 5) is 0. The van der Waals surface area contributed by atoms with E-state index >= 15 is 0 Å². The summed E-state index contributed by atoms with van der Waals surface area (Å²) < 4.78 is 1.78. The van der Waals surface area contributed by atoms with Crippen molar-refractivity contribution in [2.45, 2.75) is 25.9 Å². The van der Waals surface area contributed by atoms with Crippen LogP contribution in [0, 0.1) is 0 Å². The molecule has 3 aromatic rings. The number of aromatic nitrogens is 2. The second-order valence-electron chi connectivity index (χ2n) is 5.42. The molecule has 3 rings (SSSR count). The topological polar surface area (TPSA) is 38.0 Å². The number of aryl methyl sites for hydroxylation is 2. The molecule has 0 aliphatic heterocycles. The van der Waals surface area contributed by atoms with Crippen LogP contribution in [0.1, 0.15) is 29.8 Å². The fourth-order valence-corrected chi connectivity index (χ4v) is 2.89. The molecule has 108 valence electrons. The van der Waals surface area contributed by atoms with E-state index in [-0.39, 0.29) is 0 Å². The van der Waals surface area contributed by atoms with Gasteiger partial charge in [0.1, 0.15) is 0 Å². The molecular formula is C18H20N2O. The summed E-state index contributed by atoms with van der Waals surface area (Å²) in [7, 11) is 1.90. The maximum absolute atomic E-state index is 10.6. The number of hydrogen-bond acceptors (Lipinski definition) is 2. The van der Waals surface area contributed by atoms with Crippen molar-refractivity contribution in [3.05, 3.63) is 65.5 Å². The smallest absolute Gasteiger partial charge is 0.0863 e. The van der Waals surface area contributed by atoms with Crippen molar-refractivity contribution in [3.63, 3.8) is 0 Å². The number of fused-ring (bicyclic) bond motifs is 1. The van der Waals surface area contributed by atoms with E-state index in [1.807, 2.05) is 31.4 Å². The number of nitrogens with zero attached hydrogens (tertiary/aromatic N) is 2. The van der Waals surface area contributed by atoms with Crippen LogP contribution in [0.5, 0.6) is 0 Å². The highest BCUT2D eigenvalue weighted by Gasteiger charge is 2.16. The van der Waals surface area contributed by atoms with Crippen molar-refractivity contribution in [1.82, 2.24) is 9.78 Å². The molecule has 0 saturated heterocycles. The molecule has 21 heavy (non-hydrogen) atoms. The van der Waals surface area contributed by atoms with Gasteiger partial charge in [0, 0.05) is 25.2 Å². The summed E-state index contributed by atoms with van der Waals surface area (Å²) in [6.07, 6.45) is 2.86. The molecule has 0 aliphatic rings. The predicted octanol–water partition coefficient (Wildman–Crippen LogP) is 3.41. The van der Waals surface area contributed by atoms with Gasteiger partial charge in [-0.25, -0.2) is 0 Å². The Hall–Kier alpha value is -2.13. The van der Waals surface area contributed by atoms with Gasteiger partial charge >= 0.3 is 0 Å². The van der Waals surface area contributed by atoms with Crippen molar-refractivity contribution < 1.29 is 5.11 Å². The van der Waals surface area contributed by atoms with Crippen LogP contribution in [-0.4, -0.2) is 14.9 Å². The lowest BCUT2D eigenvalue weighted by atomic mass is 9.96.